The van der Waals surface area contributed by atoms with E-state index < -0.39 is 0 Å². The molecule has 0 aliphatic rings. The second kappa shape index (κ2) is 6.42. The Morgan fingerprint density at radius 1 is 1.30 bits per heavy atom. The Morgan fingerprint density at radius 2 is 2.00 bits per heavy atom. The van der Waals surface area contributed by atoms with Gasteiger partial charge < -0.3 is 10.3 Å². The van der Waals surface area contributed by atoms with Crippen LogP contribution in [0.3, 0.4) is 0 Å². The van der Waals surface area contributed by atoms with E-state index in [1.165, 1.54) is 0 Å². The molecular formula is C16H22ClN3. The van der Waals surface area contributed by atoms with Crippen LogP contribution in [0.1, 0.15) is 50.5 Å². The molecular weight excluding hydrogens is 270 g/mol. The fourth-order valence-corrected chi connectivity index (χ4v) is 2.78. The third kappa shape index (κ3) is 2.89. The van der Waals surface area contributed by atoms with Crippen molar-refractivity contribution in [3.63, 3.8) is 0 Å². The second-order valence-electron chi connectivity index (χ2n) is 5.39. The molecule has 1 heterocycles. The maximum absolute atomic E-state index is 6.38. The molecule has 1 aromatic carbocycles. The lowest BCUT2D eigenvalue weighted by Gasteiger charge is -2.28. The lowest BCUT2D eigenvalue weighted by atomic mass is 9.97. The number of nitrogens with two attached hydrogens (primary N) is 1. The quantitative estimate of drug-likeness (QED) is 0.905. The minimum atomic E-state index is 0.00148. The standard InChI is InChI=1S/C16H22ClN3/c1-4-14(18)15(12-7-5-6-8-13(12)17)20-10-9-19-16(20)11(2)3/h5-11,14-15H,4,18H2,1-3H3. The van der Waals surface area contributed by atoms with Crippen molar-refractivity contribution in [2.45, 2.75) is 45.2 Å². The monoisotopic (exact) mass is 291 g/mol. The summed E-state index contributed by atoms with van der Waals surface area (Å²) in [4.78, 5) is 4.47. The van der Waals surface area contributed by atoms with Gasteiger partial charge in [-0.2, -0.15) is 0 Å². The number of rotatable bonds is 5. The highest BCUT2D eigenvalue weighted by atomic mass is 35.5. The number of benzene rings is 1. The van der Waals surface area contributed by atoms with Crippen LogP contribution in [0.15, 0.2) is 36.7 Å². The zero-order chi connectivity index (χ0) is 14.7. The summed E-state index contributed by atoms with van der Waals surface area (Å²) in [6.07, 6.45) is 4.71. The molecule has 3 nitrogen and oxygen atoms in total. The van der Waals surface area contributed by atoms with Crippen LogP contribution in [0.2, 0.25) is 5.02 Å². The van der Waals surface area contributed by atoms with Gasteiger partial charge in [-0.1, -0.05) is 50.6 Å². The number of imidazole rings is 1. The summed E-state index contributed by atoms with van der Waals surface area (Å²) in [5.41, 5.74) is 7.43. The van der Waals surface area contributed by atoms with Gasteiger partial charge in [0.2, 0.25) is 0 Å². The van der Waals surface area contributed by atoms with E-state index in [0.29, 0.717) is 5.92 Å². The lowest BCUT2D eigenvalue weighted by Crippen LogP contribution is -2.33. The minimum Gasteiger partial charge on any atom is -0.326 e. The molecule has 1 aromatic heterocycles. The molecule has 108 valence electrons. The van der Waals surface area contributed by atoms with Crippen molar-refractivity contribution < 1.29 is 0 Å². The summed E-state index contributed by atoms with van der Waals surface area (Å²) >= 11 is 6.38. The van der Waals surface area contributed by atoms with Gasteiger partial charge in [0.1, 0.15) is 5.82 Å². The van der Waals surface area contributed by atoms with Gasteiger partial charge >= 0.3 is 0 Å². The molecule has 2 atom stereocenters. The summed E-state index contributed by atoms with van der Waals surface area (Å²) < 4.78 is 2.17. The normalized spacial score (nSPS) is 14.5. The number of nitrogens with zero attached hydrogens (tertiary/aromatic N) is 2. The molecule has 0 fully saturated rings. The number of halogens is 1. The van der Waals surface area contributed by atoms with E-state index in [2.05, 4.69) is 30.3 Å². The van der Waals surface area contributed by atoms with Gasteiger partial charge in [0, 0.05) is 29.4 Å². The van der Waals surface area contributed by atoms with Crippen molar-refractivity contribution in [3.05, 3.63) is 53.1 Å². The highest BCUT2D eigenvalue weighted by molar-refractivity contribution is 6.31. The third-order valence-corrected chi connectivity index (χ3v) is 3.96. The summed E-state index contributed by atoms with van der Waals surface area (Å²) in [6, 6.07) is 7.93. The van der Waals surface area contributed by atoms with E-state index in [1.54, 1.807) is 0 Å². The van der Waals surface area contributed by atoms with E-state index in [1.807, 2.05) is 36.7 Å². The Bertz CT molecular complexity index is 562. The Hall–Kier alpha value is -1.32. The van der Waals surface area contributed by atoms with Crippen LogP contribution in [0.25, 0.3) is 0 Å². The zero-order valence-corrected chi connectivity index (χ0v) is 13.0. The average molecular weight is 292 g/mol. The van der Waals surface area contributed by atoms with Crippen molar-refractivity contribution in [1.82, 2.24) is 9.55 Å². The summed E-state index contributed by atoms with van der Waals surface area (Å²) in [6.45, 7) is 6.38. The summed E-state index contributed by atoms with van der Waals surface area (Å²) in [5.74, 6) is 1.39. The maximum Gasteiger partial charge on any atom is 0.111 e. The molecule has 4 heteroatoms. The molecule has 0 saturated heterocycles. The van der Waals surface area contributed by atoms with Gasteiger partial charge in [-0.25, -0.2) is 4.98 Å². The number of hydrogen-bond acceptors (Lipinski definition) is 2. The molecule has 2 N–H and O–H groups in total. The van der Waals surface area contributed by atoms with Crippen LogP contribution >= 0.6 is 11.6 Å². The van der Waals surface area contributed by atoms with Gasteiger partial charge in [0.25, 0.3) is 0 Å². The van der Waals surface area contributed by atoms with E-state index in [4.69, 9.17) is 17.3 Å². The number of hydrogen-bond donors (Lipinski definition) is 1. The fourth-order valence-electron chi connectivity index (χ4n) is 2.53. The third-order valence-electron chi connectivity index (χ3n) is 3.62. The van der Waals surface area contributed by atoms with Crippen LogP contribution in [0.5, 0.6) is 0 Å². The predicted octanol–water partition coefficient (Wildman–Crippen LogP) is 3.99. The minimum absolute atomic E-state index is 0.00148. The topological polar surface area (TPSA) is 43.8 Å². The van der Waals surface area contributed by atoms with E-state index in [-0.39, 0.29) is 12.1 Å². The second-order valence-corrected chi connectivity index (χ2v) is 5.79. The van der Waals surface area contributed by atoms with E-state index in [0.717, 1.165) is 22.8 Å². The Kier molecular flexibility index (Phi) is 4.84. The van der Waals surface area contributed by atoms with E-state index in [9.17, 15) is 0 Å². The molecule has 0 radical (unpaired) electrons. The van der Waals surface area contributed by atoms with Crippen molar-refractivity contribution in [1.29, 1.82) is 0 Å². The van der Waals surface area contributed by atoms with Gasteiger partial charge in [-0.05, 0) is 18.1 Å². The first-order chi connectivity index (χ1) is 9.56. The predicted molar refractivity (Wildman–Crippen MR) is 84.2 cm³/mol. The van der Waals surface area contributed by atoms with Crippen molar-refractivity contribution in [2.24, 2.45) is 5.73 Å². The van der Waals surface area contributed by atoms with Gasteiger partial charge in [-0.15, -0.1) is 0 Å². The van der Waals surface area contributed by atoms with Crippen LogP contribution < -0.4 is 5.73 Å². The van der Waals surface area contributed by atoms with Crippen LogP contribution in [0, 0.1) is 0 Å². The Labute approximate surface area is 125 Å². The van der Waals surface area contributed by atoms with Gasteiger partial charge in [0.15, 0.2) is 0 Å². The Balaban J connectivity index is 2.54. The first-order valence-electron chi connectivity index (χ1n) is 7.09. The van der Waals surface area contributed by atoms with Crippen LogP contribution in [-0.4, -0.2) is 15.6 Å². The smallest absolute Gasteiger partial charge is 0.111 e. The SMILES string of the molecule is CCC(N)C(c1ccccc1Cl)n1ccnc1C(C)C. The summed E-state index contributed by atoms with van der Waals surface area (Å²) in [7, 11) is 0. The van der Waals surface area contributed by atoms with Gasteiger partial charge in [0.05, 0.1) is 6.04 Å². The molecule has 0 aliphatic heterocycles. The maximum atomic E-state index is 6.38. The van der Waals surface area contributed by atoms with Crippen LogP contribution in [-0.2, 0) is 0 Å². The molecule has 0 saturated carbocycles. The largest absolute Gasteiger partial charge is 0.326 e. The Morgan fingerprint density at radius 3 is 2.60 bits per heavy atom. The highest BCUT2D eigenvalue weighted by Gasteiger charge is 2.25. The van der Waals surface area contributed by atoms with Crippen LogP contribution in [0.4, 0.5) is 0 Å². The lowest BCUT2D eigenvalue weighted by molar-refractivity contribution is 0.440. The molecule has 2 rings (SSSR count). The van der Waals surface area contributed by atoms with Gasteiger partial charge in [-0.3, -0.25) is 0 Å². The average Bonchev–Trinajstić information content (AvgIpc) is 2.90. The molecule has 0 spiro atoms. The zero-order valence-electron chi connectivity index (χ0n) is 12.3. The molecule has 0 bridgehead atoms. The van der Waals surface area contributed by atoms with E-state index >= 15 is 0 Å². The first kappa shape index (κ1) is 15.1. The molecule has 2 unspecified atom stereocenters. The van der Waals surface area contributed by atoms with Crippen molar-refractivity contribution in [2.75, 3.05) is 0 Å². The summed E-state index contributed by atoms with van der Waals surface area (Å²) in [5, 5.41) is 0.754. The first-order valence-corrected chi connectivity index (χ1v) is 7.46. The molecule has 20 heavy (non-hydrogen) atoms. The molecule has 0 aliphatic carbocycles. The van der Waals surface area contributed by atoms with Crippen molar-refractivity contribution in [3.8, 4) is 0 Å². The molecule has 2 aromatic rings. The highest BCUT2D eigenvalue weighted by Crippen LogP contribution is 2.31. The van der Waals surface area contributed by atoms with Crippen molar-refractivity contribution >= 4 is 11.6 Å². The molecule has 0 amide bonds. The number of aromatic nitrogens is 2. The fraction of sp³-hybridized carbons (Fsp3) is 0.438.